The molecule has 0 aliphatic carbocycles. The fraction of sp³-hybridized carbons (Fsp3) is 0.222. The minimum absolute atomic E-state index is 0.166. The second-order valence-corrected chi connectivity index (χ2v) is 7.41. The lowest BCUT2D eigenvalue weighted by Gasteiger charge is -2.16. The summed E-state index contributed by atoms with van der Waals surface area (Å²) in [5.74, 6) is 0.226. The molecule has 3 aromatic rings. The van der Waals surface area contributed by atoms with Crippen LogP contribution in [-0.4, -0.2) is 26.6 Å². The van der Waals surface area contributed by atoms with Crippen molar-refractivity contribution < 1.29 is 9.59 Å². The first-order valence-corrected chi connectivity index (χ1v) is 9.55. The smallest absolute Gasteiger partial charge is 0.247 e. The van der Waals surface area contributed by atoms with Crippen molar-refractivity contribution in [2.45, 2.75) is 26.8 Å². The van der Waals surface area contributed by atoms with Gasteiger partial charge in [-0.25, -0.2) is 0 Å². The fourth-order valence-electron chi connectivity index (χ4n) is 2.63. The summed E-state index contributed by atoms with van der Waals surface area (Å²) >= 11 is 6.84. The standard InChI is InChI=1S/C18H19N5O2S2/c1-10-6-7-13(9-14(10)19-12(3)24)20-17(25)11(2)23-16(21-22-18(23)26)15-5-4-8-27-15/h4-9,11H,1-3H3,(H,19,24)(H,20,25)(H,22,26). The molecule has 9 heteroatoms. The summed E-state index contributed by atoms with van der Waals surface area (Å²) in [6.45, 7) is 5.10. The van der Waals surface area contributed by atoms with Gasteiger partial charge in [0.25, 0.3) is 0 Å². The van der Waals surface area contributed by atoms with Gasteiger partial charge in [-0.15, -0.1) is 11.3 Å². The van der Waals surface area contributed by atoms with E-state index in [4.69, 9.17) is 12.2 Å². The molecular weight excluding hydrogens is 382 g/mol. The third-order valence-electron chi connectivity index (χ3n) is 4.03. The summed E-state index contributed by atoms with van der Waals surface area (Å²) in [4.78, 5) is 25.0. The van der Waals surface area contributed by atoms with E-state index in [2.05, 4.69) is 20.8 Å². The van der Waals surface area contributed by atoms with Gasteiger partial charge >= 0.3 is 0 Å². The molecule has 0 aliphatic rings. The minimum atomic E-state index is -0.570. The highest BCUT2D eigenvalue weighted by atomic mass is 32.1. The molecule has 0 radical (unpaired) electrons. The lowest BCUT2D eigenvalue weighted by molar-refractivity contribution is -0.118. The lowest BCUT2D eigenvalue weighted by Crippen LogP contribution is -2.24. The van der Waals surface area contributed by atoms with E-state index in [9.17, 15) is 9.59 Å². The third-order valence-corrected chi connectivity index (χ3v) is 5.18. The minimum Gasteiger partial charge on any atom is -0.326 e. The average Bonchev–Trinajstić information content (AvgIpc) is 3.26. The summed E-state index contributed by atoms with van der Waals surface area (Å²) in [7, 11) is 0. The van der Waals surface area contributed by atoms with E-state index in [1.54, 1.807) is 23.6 Å². The van der Waals surface area contributed by atoms with Crippen LogP contribution in [-0.2, 0) is 9.59 Å². The predicted octanol–water partition coefficient (Wildman–Crippen LogP) is 4.14. The Bertz CT molecular complexity index is 1040. The maximum Gasteiger partial charge on any atom is 0.247 e. The van der Waals surface area contributed by atoms with Gasteiger partial charge in [-0.3, -0.25) is 19.3 Å². The van der Waals surface area contributed by atoms with Crippen molar-refractivity contribution in [1.29, 1.82) is 0 Å². The maximum atomic E-state index is 12.8. The molecule has 1 unspecified atom stereocenters. The molecule has 0 spiro atoms. The van der Waals surface area contributed by atoms with Gasteiger partial charge in [0.15, 0.2) is 10.6 Å². The number of amides is 2. The van der Waals surface area contributed by atoms with Gasteiger partial charge in [0.2, 0.25) is 11.8 Å². The molecule has 2 aromatic heterocycles. The number of aryl methyl sites for hydroxylation is 1. The zero-order valence-electron chi connectivity index (χ0n) is 15.1. The molecule has 3 N–H and O–H groups in total. The van der Waals surface area contributed by atoms with E-state index in [1.807, 2.05) is 30.5 Å². The normalized spacial score (nSPS) is 11.8. The molecule has 27 heavy (non-hydrogen) atoms. The van der Waals surface area contributed by atoms with Crippen molar-refractivity contribution in [3.63, 3.8) is 0 Å². The number of carbonyl (C=O) groups excluding carboxylic acids is 2. The molecular formula is C18H19N5O2S2. The van der Waals surface area contributed by atoms with Crippen LogP contribution in [0.5, 0.6) is 0 Å². The zero-order chi connectivity index (χ0) is 19.6. The Morgan fingerprint density at radius 1 is 1.30 bits per heavy atom. The average molecular weight is 402 g/mol. The number of thiophene rings is 1. The summed E-state index contributed by atoms with van der Waals surface area (Å²) < 4.78 is 2.07. The van der Waals surface area contributed by atoms with Crippen LogP contribution in [0.15, 0.2) is 35.7 Å². The van der Waals surface area contributed by atoms with E-state index < -0.39 is 6.04 Å². The number of H-pyrrole nitrogens is 1. The summed E-state index contributed by atoms with van der Waals surface area (Å²) in [6, 6.07) is 8.64. The lowest BCUT2D eigenvalue weighted by atomic mass is 10.1. The molecule has 0 fully saturated rings. The molecule has 0 saturated heterocycles. The zero-order valence-corrected chi connectivity index (χ0v) is 16.7. The Balaban J connectivity index is 1.85. The molecule has 140 valence electrons. The molecule has 1 aromatic carbocycles. The van der Waals surface area contributed by atoms with Crippen molar-refractivity contribution in [1.82, 2.24) is 14.8 Å². The van der Waals surface area contributed by atoms with Crippen molar-refractivity contribution in [3.05, 3.63) is 46.0 Å². The molecule has 0 aliphatic heterocycles. The van der Waals surface area contributed by atoms with Crippen molar-refractivity contribution in [2.75, 3.05) is 10.6 Å². The number of nitrogens with zero attached hydrogens (tertiary/aromatic N) is 2. The van der Waals surface area contributed by atoms with Crippen LogP contribution < -0.4 is 10.6 Å². The van der Waals surface area contributed by atoms with Crippen molar-refractivity contribution in [2.24, 2.45) is 0 Å². The van der Waals surface area contributed by atoms with E-state index in [0.29, 0.717) is 22.0 Å². The van der Waals surface area contributed by atoms with Gasteiger partial charge in [-0.2, -0.15) is 5.10 Å². The van der Waals surface area contributed by atoms with Crippen LogP contribution in [0.3, 0.4) is 0 Å². The van der Waals surface area contributed by atoms with Crippen LogP contribution in [0.1, 0.15) is 25.5 Å². The number of benzene rings is 1. The van der Waals surface area contributed by atoms with Gasteiger partial charge in [0, 0.05) is 18.3 Å². The van der Waals surface area contributed by atoms with E-state index in [1.165, 1.54) is 18.3 Å². The first kappa shape index (κ1) is 19.0. The van der Waals surface area contributed by atoms with E-state index in [0.717, 1.165) is 10.4 Å². The number of hydrogen-bond donors (Lipinski definition) is 3. The summed E-state index contributed by atoms with van der Waals surface area (Å²) in [5, 5.41) is 14.6. The van der Waals surface area contributed by atoms with Crippen LogP contribution in [0.25, 0.3) is 10.7 Å². The van der Waals surface area contributed by atoms with Crippen LogP contribution in [0, 0.1) is 11.7 Å². The molecule has 1 atom stereocenters. The number of rotatable bonds is 5. The van der Waals surface area contributed by atoms with Gasteiger partial charge < -0.3 is 10.6 Å². The third kappa shape index (κ3) is 4.15. The number of anilines is 2. The number of aromatic amines is 1. The monoisotopic (exact) mass is 401 g/mol. The Hall–Kier alpha value is -2.78. The van der Waals surface area contributed by atoms with E-state index >= 15 is 0 Å². The second kappa shape index (κ2) is 7.85. The van der Waals surface area contributed by atoms with Gasteiger partial charge in [0.1, 0.15) is 6.04 Å². The topological polar surface area (TPSA) is 91.8 Å². The predicted molar refractivity (Wildman–Crippen MR) is 110 cm³/mol. The van der Waals surface area contributed by atoms with Gasteiger partial charge in [0.05, 0.1) is 4.88 Å². The Morgan fingerprint density at radius 3 is 2.74 bits per heavy atom. The van der Waals surface area contributed by atoms with E-state index in [-0.39, 0.29) is 11.8 Å². The molecule has 2 amide bonds. The van der Waals surface area contributed by atoms with Crippen LogP contribution >= 0.6 is 23.6 Å². The Kier molecular flexibility index (Phi) is 5.52. The molecule has 7 nitrogen and oxygen atoms in total. The van der Waals surface area contributed by atoms with Gasteiger partial charge in [-0.1, -0.05) is 12.1 Å². The largest absolute Gasteiger partial charge is 0.326 e. The number of nitrogens with one attached hydrogen (secondary N) is 3. The highest BCUT2D eigenvalue weighted by Gasteiger charge is 2.21. The fourth-order valence-corrected chi connectivity index (χ4v) is 3.63. The van der Waals surface area contributed by atoms with Crippen LogP contribution in [0.4, 0.5) is 11.4 Å². The number of carbonyl (C=O) groups is 2. The molecule has 0 saturated carbocycles. The SMILES string of the molecule is CC(=O)Nc1cc(NC(=O)C(C)n2c(-c3cccs3)n[nH]c2=S)ccc1C. The number of hydrogen-bond acceptors (Lipinski definition) is 5. The first-order chi connectivity index (χ1) is 12.9. The van der Waals surface area contributed by atoms with Crippen LogP contribution in [0.2, 0.25) is 0 Å². The summed E-state index contributed by atoms with van der Waals surface area (Å²) in [6.07, 6.45) is 0. The molecule has 2 heterocycles. The maximum absolute atomic E-state index is 12.8. The van der Waals surface area contributed by atoms with Crippen molar-refractivity contribution >= 4 is 46.7 Å². The highest BCUT2D eigenvalue weighted by Crippen LogP contribution is 2.26. The van der Waals surface area contributed by atoms with Crippen molar-refractivity contribution in [3.8, 4) is 10.7 Å². The first-order valence-electron chi connectivity index (χ1n) is 8.26. The van der Waals surface area contributed by atoms with Gasteiger partial charge in [-0.05, 0) is 55.2 Å². The Labute approximate surface area is 165 Å². The molecule has 3 rings (SSSR count). The summed E-state index contributed by atoms with van der Waals surface area (Å²) in [5.41, 5.74) is 2.16. The Morgan fingerprint density at radius 2 is 2.07 bits per heavy atom. The number of aromatic nitrogens is 3. The molecule has 0 bridgehead atoms. The highest BCUT2D eigenvalue weighted by molar-refractivity contribution is 7.71. The second-order valence-electron chi connectivity index (χ2n) is 6.08. The quantitative estimate of drug-likeness (QED) is 0.561.